The lowest BCUT2D eigenvalue weighted by Crippen LogP contribution is -2.69. The molecule has 0 spiro atoms. The highest BCUT2D eigenvalue weighted by atomic mass is 35.5. The van der Waals surface area contributed by atoms with E-state index in [1.807, 2.05) is 0 Å². The van der Waals surface area contributed by atoms with E-state index in [4.69, 9.17) is 11.6 Å². The fourth-order valence-corrected chi connectivity index (χ4v) is 2.23. The van der Waals surface area contributed by atoms with Crippen molar-refractivity contribution in [3.05, 3.63) is 29.3 Å². The van der Waals surface area contributed by atoms with E-state index in [9.17, 15) is 27.6 Å². The van der Waals surface area contributed by atoms with E-state index in [1.165, 1.54) is 35.8 Å². The predicted octanol–water partition coefficient (Wildman–Crippen LogP) is 2.40. The minimum Gasteiger partial charge on any atom is -0.450 e. The minimum absolute atomic E-state index is 0.107. The van der Waals surface area contributed by atoms with Gasteiger partial charge in [0.1, 0.15) is 0 Å². The van der Waals surface area contributed by atoms with Crippen LogP contribution in [-0.2, 0) is 9.53 Å². The third-order valence-electron chi connectivity index (χ3n) is 3.08. The number of carbonyl (C=O) groups excluding carboxylic acids is 3. The van der Waals surface area contributed by atoms with Crippen molar-refractivity contribution in [2.75, 3.05) is 11.5 Å². The summed E-state index contributed by atoms with van der Waals surface area (Å²) in [4.78, 5) is 36.0. The lowest BCUT2D eigenvalue weighted by Gasteiger charge is -2.29. The highest BCUT2D eigenvalue weighted by Crippen LogP contribution is 2.36. The number of ether oxygens (including phenoxy) is 1. The largest absolute Gasteiger partial charge is 0.450 e. The van der Waals surface area contributed by atoms with Crippen LogP contribution in [0.5, 0.6) is 0 Å². The van der Waals surface area contributed by atoms with Crippen molar-refractivity contribution in [1.29, 1.82) is 0 Å². The predicted molar refractivity (Wildman–Crippen MR) is 76.4 cm³/mol. The molecule has 11 heteroatoms. The van der Waals surface area contributed by atoms with Crippen molar-refractivity contribution in [2.24, 2.45) is 0 Å². The van der Waals surface area contributed by atoms with E-state index in [2.05, 4.69) is 4.74 Å². The number of halogens is 4. The number of carbonyl (C=O) groups is 3. The number of nitrogens with zero attached hydrogens (tertiary/aromatic N) is 1. The first kappa shape index (κ1) is 17.9. The Bertz CT molecular complexity index is 697. The minimum atomic E-state index is -5.31. The molecule has 1 fully saturated rings. The fraction of sp³-hybridized carbons (Fsp3) is 0.308. The van der Waals surface area contributed by atoms with Crippen LogP contribution in [0.15, 0.2) is 24.3 Å². The molecule has 0 unspecified atom stereocenters. The highest BCUT2D eigenvalue weighted by Gasteiger charge is 2.69. The van der Waals surface area contributed by atoms with Gasteiger partial charge in [-0.3, -0.25) is 15.4 Å². The van der Waals surface area contributed by atoms with E-state index in [-0.39, 0.29) is 22.2 Å². The number of amides is 4. The SMILES string of the molecule is CCOC(=O)N[C@]1(C(F)(F)F)NC(=O)N(c2cccc(Cl)c2)C1=O. The van der Waals surface area contributed by atoms with Gasteiger partial charge in [0.05, 0.1) is 12.3 Å². The Morgan fingerprint density at radius 2 is 2.08 bits per heavy atom. The number of anilines is 1. The standard InChI is InChI=1S/C13H11ClF3N3O4/c1-2-24-11(23)19-12(13(15,16)17)9(21)20(10(22)18-12)8-5-3-4-7(14)6-8/h3-6H,2H2,1H3,(H,18,22)(H,19,23)/t12-/m1/s1. The van der Waals surface area contributed by atoms with E-state index < -0.39 is 29.9 Å². The number of alkyl carbamates (subject to hydrolysis) is 1. The zero-order chi connectivity index (χ0) is 18.1. The Morgan fingerprint density at radius 3 is 2.62 bits per heavy atom. The van der Waals surface area contributed by atoms with Gasteiger partial charge < -0.3 is 4.74 Å². The van der Waals surface area contributed by atoms with Gasteiger partial charge in [0, 0.05) is 5.02 Å². The van der Waals surface area contributed by atoms with Gasteiger partial charge in [-0.05, 0) is 25.1 Å². The van der Waals surface area contributed by atoms with Crippen LogP contribution in [0.4, 0.5) is 28.4 Å². The van der Waals surface area contributed by atoms with Crippen LogP contribution in [0.2, 0.25) is 5.02 Å². The lowest BCUT2D eigenvalue weighted by atomic mass is 10.1. The van der Waals surface area contributed by atoms with Gasteiger partial charge in [-0.1, -0.05) is 17.7 Å². The molecule has 1 aliphatic heterocycles. The number of hydrogen-bond donors (Lipinski definition) is 2. The quantitative estimate of drug-likeness (QED) is 0.805. The molecule has 0 aromatic heterocycles. The monoisotopic (exact) mass is 365 g/mol. The molecule has 2 rings (SSSR count). The van der Waals surface area contributed by atoms with Gasteiger partial charge in [-0.25, -0.2) is 14.5 Å². The smallest absolute Gasteiger partial charge is 0.440 e. The lowest BCUT2D eigenvalue weighted by molar-refractivity contribution is -0.197. The van der Waals surface area contributed by atoms with Crippen LogP contribution in [0.25, 0.3) is 0 Å². The molecule has 1 aromatic rings. The molecule has 1 aliphatic rings. The molecule has 1 aromatic carbocycles. The van der Waals surface area contributed by atoms with Crippen molar-refractivity contribution >= 4 is 35.3 Å². The summed E-state index contributed by atoms with van der Waals surface area (Å²) in [7, 11) is 0. The van der Waals surface area contributed by atoms with Gasteiger partial charge in [0.2, 0.25) is 0 Å². The molecule has 1 saturated heterocycles. The zero-order valence-electron chi connectivity index (χ0n) is 12.1. The molecular weight excluding hydrogens is 355 g/mol. The number of benzene rings is 1. The second-order valence-corrected chi connectivity index (χ2v) is 5.08. The molecular formula is C13H11ClF3N3O4. The maximum absolute atomic E-state index is 13.5. The maximum atomic E-state index is 13.5. The number of hydrogen-bond acceptors (Lipinski definition) is 4. The Kier molecular flexibility index (Phi) is 4.61. The second kappa shape index (κ2) is 6.19. The number of imide groups is 1. The van der Waals surface area contributed by atoms with Crippen molar-refractivity contribution in [3.8, 4) is 0 Å². The molecule has 7 nitrogen and oxygen atoms in total. The van der Waals surface area contributed by atoms with Crippen molar-refractivity contribution in [3.63, 3.8) is 0 Å². The molecule has 0 radical (unpaired) electrons. The first-order valence-electron chi connectivity index (χ1n) is 6.56. The normalized spacial score (nSPS) is 20.8. The summed E-state index contributed by atoms with van der Waals surface area (Å²) in [5.41, 5.74) is -3.81. The summed E-state index contributed by atoms with van der Waals surface area (Å²) < 4.78 is 44.7. The van der Waals surface area contributed by atoms with Gasteiger partial charge in [-0.2, -0.15) is 13.2 Å². The number of nitrogens with one attached hydrogen (secondary N) is 2. The molecule has 2 N–H and O–H groups in total. The molecule has 0 aliphatic carbocycles. The average Bonchev–Trinajstić information content (AvgIpc) is 2.70. The van der Waals surface area contributed by atoms with Crippen molar-refractivity contribution in [2.45, 2.75) is 18.8 Å². The van der Waals surface area contributed by atoms with E-state index >= 15 is 0 Å². The van der Waals surface area contributed by atoms with Crippen LogP contribution in [0, 0.1) is 0 Å². The number of rotatable bonds is 3. The second-order valence-electron chi connectivity index (χ2n) is 4.64. The van der Waals surface area contributed by atoms with E-state index in [0.717, 1.165) is 6.07 Å². The fourth-order valence-electron chi connectivity index (χ4n) is 2.05. The summed E-state index contributed by atoms with van der Waals surface area (Å²) in [5.74, 6) is -1.73. The van der Waals surface area contributed by atoms with E-state index in [0.29, 0.717) is 0 Å². The van der Waals surface area contributed by atoms with Crippen LogP contribution in [0.1, 0.15) is 6.92 Å². The number of alkyl halides is 3. The molecule has 0 bridgehead atoms. The van der Waals surface area contributed by atoms with Crippen molar-refractivity contribution in [1.82, 2.24) is 10.6 Å². The van der Waals surface area contributed by atoms with Crippen LogP contribution < -0.4 is 15.5 Å². The number of urea groups is 1. The van der Waals surface area contributed by atoms with Crippen LogP contribution in [0.3, 0.4) is 0 Å². The molecule has 1 heterocycles. The maximum Gasteiger partial charge on any atom is 0.440 e. The summed E-state index contributed by atoms with van der Waals surface area (Å²) in [6, 6.07) is 3.76. The van der Waals surface area contributed by atoms with Gasteiger partial charge in [0.25, 0.3) is 11.6 Å². The third-order valence-corrected chi connectivity index (χ3v) is 3.31. The summed E-state index contributed by atoms with van der Waals surface area (Å²) in [6.07, 6.45) is -6.81. The van der Waals surface area contributed by atoms with Crippen LogP contribution >= 0.6 is 11.6 Å². The topological polar surface area (TPSA) is 87.7 Å². The Hall–Kier alpha value is -2.49. The Morgan fingerprint density at radius 1 is 1.42 bits per heavy atom. The molecule has 4 amide bonds. The Balaban J connectivity index is 2.46. The molecule has 130 valence electrons. The molecule has 24 heavy (non-hydrogen) atoms. The average molecular weight is 366 g/mol. The first-order chi connectivity index (χ1) is 11.1. The molecule has 1 atom stereocenters. The molecule has 0 saturated carbocycles. The zero-order valence-corrected chi connectivity index (χ0v) is 12.9. The summed E-state index contributed by atoms with van der Waals surface area (Å²) in [5, 5.41) is 2.96. The van der Waals surface area contributed by atoms with Crippen molar-refractivity contribution < 1.29 is 32.3 Å². The van der Waals surface area contributed by atoms with Gasteiger partial charge in [0.15, 0.2) is 0 Å². The summed E-state index contributed by atoms with van der Waals surface area (Å²) >= 11 is 5.72. The Labute approximate surface area is 138 Å². The third kappa shape index (κ3) is 2.96. The van der Waals surface area contributed by atoms with Gasteiger partial charge >= 0.3 is 18.3 Å². The summed E-state index contributed by atoms with van der Waals surface area (Å²) in [6.45, 7) is 1.15. The van der Waals surface area contributed by atoms with Gasteiger partial charge in [-0.15, -0.1) is 0 Å². The first-order valence-corrected chi connectivity index (χ1v) is 6.94. The van der Waals surface area contributed by atoms with E-state index in [1.54, 1.807) is 0 Å². The highest BCUT2D eigenvalue weighted by molar-refractivity contribution is 6.31. The van der Waals surface area contributed by atoms with Crippen LogP contribution in [-0.4, -0.2) is 36.5 Å².